The molecule has 0 spiro atoms. The SMILES string of the molecule is CN1CC(Nc2nc(CCc3ccccc3)nc3c2CCNC3=O)CCC1=O. The Kier molecular flexibility index (Phi) is 5.23. The van der Waals surface area contributed by atoms with Gasteiger partial charge in [-0.2, -0.15) is 0 Å². The number of likely N-dealkylation sites (tertiary alicyclic amines) is 1. The Bertz CT molecular complexity index is 884. The zero-order valence-electron chi connectivity index (χ0n) is 16.1. The minimum Gasteiger partial charge on any atom is -0.365 e. The predicted molar refractivity (Wildman–Crippen MR) is 106 cm³/mol. The number of benzene rings is 1. The van der Waals surface area contributed by atoms with Crippen molar-refractivity contribution in [3.05, 3.63) is 53.0 Å². The van der Waals surface area contributed by atoms with Crippen molar-refractivity contribution in [2.75, 3.05) is 25.5 Å². The highest BCUT2D eigenvalue weighted by Gasteiger charge is 2.27. The first-order chi connectivity index (χ1) is 13.6. The molecule has 1 fully saturated rings. The summed E-state index contributed by atoms with van der Waals surface area (Å²) in [6.07, 6.45) is 3.50. The standard InChI is InChI=1S/C21H25N5O2/c1-26-13-15(8-10-18(26)27)23-20-16-11-12-22-21(28)19(16)24-17(25-20)9-7-14-5-3-2-4-6-14/h2-6,15H,7-13H2,1H3,(H,22,28)(H,23,24,25). The van der Waals surface area contributed by atoms with E-state index in [4.69, 9.17) is 4.98 Å². The number of carbonyl (C=O) groups excluding carboxylic acids is 2. The van der Waals surface area contributed by atoms with Gasteiger partial charge in [-0.15, -0.1) is 0 Å². The molecule has 28 heavy (non-hydrogen) atoms. The van der Waals surface area contributed by atoms with Crippen molar-refractivity contribution in [2.24, 2.45) is 0 Å². The number of piperidine rings is 1. The number of nitrogens with zero attached hydrogens (tertiary/aromatic N) is 3. The largest absolute Gasteiger partial charge is 0.365 e. The number of hydrogen-bond donors (Lipinski definition) is 2. The first-order valence-corrected chi connectivity index (χ1v) is 9.82. The van der Waals surface area contributed by atoms with Crippen LogP contribution >= 0.6 is 0 Å². The third-order valence-electron chi connectivity index (χ3n) is 5.38. The number of likely N-dealkylation sites (N-methyl/N-ethyl adjacent to an activating group) is 1. The molecule has 0 bridgehead atoms. The summed E-state index contributed by atoms with van der Waals surface area (Å²) in [6, 6.07) is 10.3. The van der Waals surface area contributed by atoms with Crippen LogP contribution in [0.2, 0.25) is 0 Å². The molecule has 0 saturated carbocycles. The van der Waals surface area contributed by atoms with E-state index in [0.717, 1.165) is 24.2 Å². The summed E-state index contributed by atoms with van der Waals surface area (Å²) in [4.78, 5) is 35.2. The topological polar surface area (TPSA) is 87.2 Å². The lowest BCUT2D eigenvalue weighted by atomic mass is 10.0. The Labute approximate surface area is 164 Å². The Morgan fingerprint density at radius 1 is 1.14 bits per heavy atom. The number of nitrogens with one attached hydrogen (secondary N) is 2. The summed E-state index contributed by atoms with van der Waals surface area (Å²) in [7, 11) is 1.82. The van der Waals surface area contributed by atoms with Gasteiger partial charge in [-0.25, -0.2) is 9.97 Å². The number of fused-ring (bicyclic) bond motifs is 1. The quantitative estimate of drug-likeness (QED) is 0.824. The van der Waals surface area contributed by atoms with Gasteiger partial charge < -0.3 is 15.5 Å². The minimum absolute atomic E-state index is 0.133. The number of aryl methyl sites for hydroxylation is 2. The third kappa shape index (κ3) is 3.98. The normalized spacial score (nSPS) is 19.2. The molecular weight excluding hydrogens is 354 g/mol. The van der Waals surface area contributed by atoms with Crippen molar-refractivity contribution < 1.29 is 9.59 Å². The van der Waals surface area contributed by atoms with Crippen LogP contribution < -0.4 is 10.6 Å². The zero-order chi connectivity index (χ0) is 19.5. The molecule has 1 aromatic carbocycles. The molecule has 3 heterocycles. The predicted octanol–water partition coefficient (Wildman–Crippen LogP) is 1.58. The lowest BCUT2D eigenvalue weighted by Gasteiger charge is -2.31. The molecule has 0 radical (unpaired) electrons. The Morgan fingerprint density at radius 2 is 1.96 bits per heavy atom. The fourth-order valence-electron chi connectivity index (χ4n) is 3.80. The molecule has 7 nitrogen and oxygen atoms in total. The third-order valence-corrected chi connectivity index (χ3v) is 5.38. The van der Waals surface area contributed by atoms with Gasteiger partial charge in [0, 0.05) is 44.6 Å². The van der Waals surface area contributed by atoms with E-state index in [9.17, 15) is 9.59 Å². The van der Waals surface area contributed by atoms with Crippen LogP contribution in [-0.2, 0) is 24.1 Å². The molecule has 146 valence electrons. The van der Waals surface area contributed by atoms with Crippen LogP contribution in [0.25, 0.3) is 0 Å². The van der Waals surface area contributed by atoms with Crippen molar-refractivity contribution in [1.29, 1.82) is 0 Å². The molecule has 1 unspecified atom stereocenters. The van der Waals surface area contributed by atoms with Gasteiger partial charge in [-0.05, 0) is 24.8 Å². The van der Waals surface area contributed by atoms with Crippen LogP contribution in [0.4, 0.5) is 5.82 Å². The molecule has 2 aliphatic heterocycles. The summed E-state index contributed by atoms with van der Waals surface area (Å²) in [5, 5.41) is 6.37. The Morgan fingerprint density at radius 3 is 2.75 bits per heavy atom. The summed E-state index contributed by atoms with van der Waals surface area (Å²) in [6.45, 7) is 1.24. The van der Waals surface area contributed by atoms with Gasteiger partial charge in [-0.3, -0.25) is 9.59 Å². The van der Waals surface area contributed by atoms with E-state index < -0.39 is 0 Å². The van der Waals surface area contributed by atoms with Gasteiger partial charge in [0.1, 0.15) is 17.3 Å². The fraction of sp³-hybridized carbons (Fsp3) is 0.429. The highest BCUT2D eigenvalue weighted by Crippen LogP contribution is 2.23. The molecule has 4 rings (SSSR count). The number of rotatable bonds is 5. The lowest BCUT2D eigenvalue weighted by Crippen LogP contribution is -2.44. The first kappa shape index (κ1) is 18.4. The molecule has 0 aliphatic carbocycles. The molecule has 2 N–H and O–H groups in total. The fourth-order valence-corrected chi connectivity index (χ4v) is 3.80. The summed E-state index contributed by atoms with van der Waals surface area (Å²) >= 11 is 0. The Hall–Kier alpha value is -2.96. The van der Waals surface area contributed by atoms with Gasteiger partial charge in [0.2, 0.25) is 5.91 Å². The van der Waals surface area contributed by atoms with Gasteiger partial charge in [0.15, 0.2) is 0 Å². The van der Waals surface area contributed by atoms with Crippen molar-refractivity contribution in [3.63, 3.8) is 0 Å². The average Bonchev–Trinajstić information content (AvgIpc) is 2.71. The smallest absolute Gasteiger partial charge is 0.270 e. The van der Waals surface area contributed by atoms with Gasteiger partial charge in [-0.1, -0.05) is 30.3 Å². The van der Waals surface area contributed by atoms with Gasteiger partial charge >= 0.3 is 0 Å². The number of aromatic nitrogens is 2. The summed E-state index contributed by atoms with van der Waals surface area (Å²) in [5.41, 5.74) is 2.58. The van der Waals surface area contributed by atoms with Crippen LogP contribution in [0.5, 0.6) is 0 Å². The van der Waals surface area contributed by atoms with Gasteiger partial charge in [0.25, 0.3) is 5.91 Å². The van der Waals surface area contributed by atoms with E-state index >= 15 is 0 Å². The Balaban J connectivity index is 1.58. The number of carbonyl (C=O) groups is 2. The van der Waals surface area contributed by atoms with Crippen LogP contribution in [0.15, 0.2) is 30.3 Å². The second kappa shape index (κ2) is 7.96. The molecule has 2 aliphatic rings. The highest BCUT2D eigenvalue weighted by molar-refractivity contribution is 5.96. The molecule has 2 amide bonds. The lowest BCUT2D eigenvalue weighted by molar-refractivity contribution is -0.132. The maximum Gasteiger partial charge on any atom is 0.270 e. The molecule has 7 heteroatoms. The van der Waals surface area contributed by atoms with Crippen LogP contribution in [-0.4, -0.2) is 52.9 Å². The average molecular weight is 379 g/mol. The van der Waals surface area contributed by atoms with E-state index in [1.54, 1.807) is 4.90 Å². The number of amides is 2. The monoisotopic (exact) mass is 379 g/mol. The van der Waals surface area contributed by atoms with Crippen LogP contribution in [0.3, 0.4) is 0 Å². The second-order valence-electron chi connectivity index (χ2n) is 7.46. The maximum absolute atomic E-state index is 12.4. The first-order valence-electron chi connectivity index (χ1n) is 9.82. The number of anilines is 1. The molecule has 2 aromatic rings. The van der Waals surface area contributed by atoms with Crippen molar-refractivity contribution in [2.45, 2.75) is 38.1 Å². The van der Waals surface area contributed by atoms with E-state index in [0.29, 0.717) is 43.9 Å². The van der Waals surface area contributed by atoms with E-state index in [1.807, 2.05) is 25.2 Å². The van der Waals surface area contributed by atoms with Crippen molar-refractivity contribution in [1.82, 2.24) is 20.2 Å². The second-order valence-corrected chi connectivity index (χ2v) is 7.46. The van der Waals surface area contributed by atoms with Crippen LogP contribution in [0, 0.1) is 0 Å². The summed E-state index contributed by atoms with van der Waals surface area (Å²) < 4.78 is 0. The minimum atomic E-state index is -0.136. The summed E-state index contributed by atoms with van der Waals surface area (Å²) in [5.74, 6) is 1.45. The molecular formula is C21H25N5O2. The zero-order valence-corrected chi connectivity index (χ0v) is 16.1. The van der Waals surface area contributed by atoms with Crippen LogP contribution in [0.1, 0.15) is 40.3 Å². The van der Waals surface area contributed by atoms with E-state index in [1.165, 1.54) is 5.56 Å². The van der Waals surface area contributed by atoms with E-state index in [2.05, 4.69) is 27.8 Å². The van der Waals surface area contributed by atoms with Gasteiger partial charge in [0.05, 0.1) is 0 Å². The van der Waals surface area contributed by atoms with Crippen molar-refractivity contribution in [3.8, 4) is 0 Å². The highest BCUT2D eigenvalue weighted by atomic mass is 16.2. The van der Waals surface area contributed by atoms with E-state index in [-0.39, 0.29) is 17.9 Å². The molecule has 1 aromatic heterocycles. The number of hydrogen-bond acceptors (Lipinski definition) is 5. The van der Waals surface area contributed by atoms with Crippen molar-refractivity contribution >= 4 is 17.6 Å². The maximum atomic E-state index is 12.4. The molecule has 1 atom stereocenters. The molecule has 1 saturated heterocycles.